The lowest BCUT2D eigenvalue weighted by Crippen LogP contribution is -2.42. The maximum atomic E-state index is 12.8. The largest absolute Gasteiger partial charge is 0.349 e. The maximum Gasteiger partial charge on any atom is 0.223 e. The summed E-state index contributed by atoms with van der Waals surface area (Å²) in [5, 5.41) is 12.3. The summed E-state index contributed by atoms with van der Waals surface area (Å²) in [7, 11) is 0. The van der Waals surface area contributed by atoms with Crippen LogP contribution in [0.2, 0.25) is 0 Å². The number of hydrogen-bond donors (Lipinski definition) is 1. The molecule has 0 radical (unpaired) electrons. The molecule has 2 aromatic rings. The zero-order valence-corrected chi connectivity index (χ0v) is 21.0. The molecule has 5 rings (SSSR count). The molecule has 1 unspecified atom stereocenters. The minimum Gasteiger partial charge on any atom is -0.349 e. The number of amides is 2. The Morgan fingerprint density at radius 3 is 2.47 bits per heavy atom. The lowest BCUT2D eigenvalue weighted by Gasteiger charge is -2.39. The summed E-state index contributed by atoms with van der Waals surface area (Å²) in [5.74, 6) is 1.01. The second kappa shape index (κ2) is 10.8. The highest BCUT2D eigenvalue weighted by molar-refractivity contribution is 5.79. The van der Waals surface area contributed by atoms with Crippen molar-refractivity contribution in [1.29, 1.82) is 5.26 Å². The van der Waals surface area contributed by atoms with Crippen molar-refractivity contribution < 1.29 is 9.59 Å². The van der Waals surface area contributed by atoms with Gasteiger partial charge in [-0.1, -0.05) is 42.5 Å². The van der Waals surface area contributed by atoms with E-state index in [1.165, 1.54) is 18.4 Å². The van der Waals surface area contributed by atoms with Crippen molar-refractivity contribution in [1.82, 2.24) is 15.1 Å². The monoisotopic (exact) mass is 484 g/mol. The minimum atomic E-state index is 0.0457. The van der Waals surface area contributed by atoms with Gasteiger partial charge in [0.2, 0.25) is 11.8 Å². The van der Waals surface area contributed by atoms with Gasteiger partial charge in [-0.2, -0.15) is 5.26 Å². The average Bonchev–Trinajstić information content (AvgIpc) is 3.66. The number of rotatable bonds is 9. The number of piperidine rings is 1. The first-order valence-electron chi connectivity index (χ1n) is 13.4. The molecule has 3 aliphatic rings. The highest BCUT2D eigenvalue weighted by Gasteiger charge is 2.44. The fraction of sp³-hybridized carbons (Fsp3) is 0.500. The number of nitriles is 1. The Labute approximate surface area is 214 Å². The van der Waals surface area contributed by atoms with E-state index >= 15 is 0 Å². The van der Waals surface area contributed by atoms with Gasteiger partial charge in [0.1, 0.15) is 0 Å². The van der Waals surface area contributed by atoms with Gasteiger partial charge in [-0.25, -0.2) is 0 Å². The van der Waals surface area contributed by atoms with Crippen LogP contribution in [0.25, 0.3) is 0 Å². The molecule has 3 fully saturated rings. The van der Waals surface area contributed by atoms with E-state index in [2.05, 4.69) is 28.4 Å². The molecule has 1 atom stereocenters. The first-order valence-corrected chi connectivity index (χ1v) is 13.4. The van der Waals surface area contributed by atoms with Gasteiger partial charge in [0.05, 0.1) is 17.7 Å². The average molecular weight is 485 g/mol. The van der Waals surface area contributed by atoms with Gasteiger partial charge in [0.25, 0.3) is 0 Å². The van der Waals surface area contributed by atoms with Crippen molar-refractivity contribution in [2.45, 2.75) is 57.5 Å². The molecule has 188 valence electrons. The number of nitrogens with zero attached hydrogens (tertiary/aromatic N) is 3. The van der Waals surface area contributed by atoms with Crippen LogP contribution in [0.5, 0.6) is 0 Å². The predicted octanol–water partition coefficient (Wildman–Crippen LogP) is 4.42. The van der Waals surface area contributed by atoms with Gasteiger partial charge < -0.3 is 15.1 Å². The molecule has 2 aromatic carbocycles. The summed E-state index contributed by atoms with van der Waals surface area (Å²) in [5.41, 5.74) is 2.98. The number of carbonyl (C=O) groups is 2. The topological polar surface area (TPSA) is 76.4 Å². The van der Waals surface area contributed by atoms with Gasteiger partial charge in [0, 0.05) is 32.5 Å². The fourth-order valence-corrected chi connectivity index (χ4v) is 5.77. The molecule has 2 heterocycles. The molecule has 0 aromatic heterocycles. The van der Waals surface area contributed by atoms with Crippen LogP contribution in [0.3, 0.4) is 0 Å². The van der Waals surface area contributed by atoms with Crippen LogP contribution < -0.4 is 5.32 Å². The standard InChI is InChI=1S/C30H36N4O2/c31-20-24-8-10-25(11-9-24)21-34-22-30(19-29(34)36)13-16-33(17-14-30)15-12-27(26-4-2-1-3-5-26)32-28(35)18-23-6-7-23/h1-5,8-11,23,27H,6-7,12-19,21-22H2,(H,32,35). The fourth-order valence-electron chi connectivity index (χ4n) is 5.77. The summed E-state index contributed by atoms with van der Waals surface area (Å²) in [6, 6.07) is 20.1. The molecule has 1 spiro atoms. The van der Waals surface area contributed by atoms with Crippen molar-refractivity contribution >= 4 is 11.8 Å². The van der Waals surface area contributed by atoms with E-state index in [1.54, 1.807) is 0 Å². The van der Waals surface area contributed by atoms with Gasteiger partial charge in [-0.3, -0.25) is 9.59 Å². The molecular formula is C30H36N4O2. The van der Waals surface area contributed by atoms with Crippen molar-refractivity contribution in [3.8, 4) is 6.07 Å². The minimum absolute atomic E-state index is 0.0457. The zero-order valence-electron chi connectivity index (χ0n) is 21.0. The summed E-state index contributed by atoms with van der Waals surface area (Å²) in [6.07, 6.45) is 6.64. The summed E-state index contributed by atoms with van der Waals surface area (Å²) >= 11 is 0. The quantitative estimate of drug-likeness (QED) is 0.572. The predicted molar refractivity (Wildman–Crippen MR) is 139 cm³/mol. The van der Waals surface area contributed by atoms with Gasteiger partial charge in [-0.05, 0) is 79.8 Å². The Bertz CT molecular complexity index is 1100. The van der Waals surface area contributed by atoms with Gasteiger partial charge in [-0.15, -0.1) is 0 Å². The number of carbonyl (C=O) groups excluding carboxylic acids is 2. The summed E-state index contributed by atoms with van der Waals surface area (Å²) in [4.78, 5) is 29.9. The first kappa shape index (κ1) is 24.5. The lowest BCUT2D eigenvalue weighted by molar-refractivity contribution is -0.128. The van der Waals surface area contributed by atoms with Crippen LogP contribution in [0.1, 0.15) is 67.7 Å². The lowest BCUT2D eigenvalue weighted by atomic mass is 9.77. The third-order valence-corrected chi connectivity index (χ3v) is 8.22. The molecule has 0 bridgehead atoms. The maximum absolute atomic E-state index is 12.8. The molecule has 6 nitrogen and oxygen atoms in total. The highest BCUT2D eigenvalue weighted by Crippen LogP contribution is 2.41. The molecule has 2 aliphatic heterocycles. The number of likely N-dealkylation sites (tertiary alicyclic amines) is 2. The van der Waals surface area contributed by atoms with Crippen molar-refractivity contribution in [3.05, 3.63) is 71.3 Å². The second-order valence-electron chi connectivity index (χ2n) is 11.0. The molecule has 6 heteroatoms. The van der Waals surface area contributed by atoms with Crippen LogP contribution in [0, 0.1) is 22.7 Å². The molecular weight excluding hydrogens is 448 g/mol. The second-order valence-corrected chi connectivity index (χ2v) is 11.0. The Hall–Kier alpha value is -3.17. The van der Waals surface area contributed by atoms with Crippen LogP contribution >= 0.6 is 0 Å². The van der Waals surface area contributed by atoms with Crippen LogP contribution in [-0.4, -0.2) is 47.8 Å². The van der Waals surface area contributed by atoms with E-state index in [-0.39, 0.29) is 23.3 Å². The van der Waals surface area contributed by atoms with Crippen LogP contribution in [0.4, 0.5) is 0 Å². The summed E-state index contributed by atoms with van der Waals surface area (Å²) < 4.78 is 0. The Morgan fingerprint density at radius 1 is 1.08 bits per heavy atom. The van der Waals surface area contributed by atoms with Crippen molar-refractivity contribution in [2.24, 2.45) is 11.3 Å². The number of hydrogen-bond acceptors (Lipinski definition) is 4. The van der Waals surface area contributed by atoms with E-state index in [0.717, 1.165) is 51.0 Å². The van der Waals surface area contributed by atoms with Crippen molar-refractivity contribution in [2.75, 3.05) is 26.2 Å². The van der Waals surface area contributed by atoms with Gasteiger partial charge in [0.15, 0.2) is 0 Å². The van der Waals surface area contributed by atoms with Crippen LogP contribution in [0.15, 0.2) is 54.6 Å². The van der Waals surface area contributed by atoms with Gasteiger partial charge >= 0.3 is 0 Å². The SMILES string of the molecule is N#Cc1ccc(CN2CC3(CCN(CCC(NC(=O)CC4CC4)c4ccccc4)CC3)CC2=O)cc1. The highest BCUT2D eigenvalue weighted by atomic mass is 16.2. The first-order chi connectivity index (χ1) is 17.5. The Kier molecular flexibility index (Phi) is 7.38. The van der Waals surface area contributed by atoms with Crippen molar-refractivity contribution in [3.63, 3.8) is 0 Å². The Balaban J connectivity index is 1.12. The third kappa shape index (κ3) is 6.14. The molecule has 1 aliphatic carbocycles. The van der Waals surface area contributed by atoms with Crippen LogP contribution in [-0.2, 0) is 16.1 Å². The Morgan fingerprint density at radius 2 is 1.81 bits per heavy atom. The smallest absolute Gasteiger partial charge is 0.223 e. The normalized spacial score (nSPS) is 20.3. The molecule has 36 heavy (non-hydrogen) atoms. The van der Waals surface area contributed by atoms with E-state index in [0.29, 0.717) is 30.9 Å². The van der Waals surface area contributed by atoms with E-state index in [4.69, 9.17) is 5.26 Å². The van der Waals surface area contributed by atoms with E-state index in [1.807, 2.05) is 47.4 Å². The number of benzene rings is 2. The molecule has 1 N–H and O–H groups in total. The molecule has 2 saturated heterocycles. The number of nitrogens with one attached hydrogen (secondary N) is 1. The van der Waals surface area contributed by atoms with E-state index in [9.17, 15) is 9.59 Å². The van der Waals surface area contributed by atoms with E-state index < -0.39 is 0 Å². The molecule has 1 saturated carbocycles. The summed E-state index contributed by atoms with van der Waals surface area (Å²) in [6.45, 7) is 4.38. The molecule has 2 amide bonds. The third-order valence-electron chi connectivity index (χ3n) is 8.22. The zero-order chi connectivity index (χ0) is 25.0.